The van der Waals surface area contributed by atoms with E-state index in [1.165, 1.54) is 18.2 Å². The van der Waals surface area contributed by atoms with Crippen LogP contribution in [0.4, 0.5) is 14.5 Å². The van der Waals surface area contributed by atoms with Crippen LogP contribution in [-0.4, -0.2) is 5.91 Å². The quantitative estimate of drug-likeness (QED) is 0.827. The molecule has 0 bridgehead atoms. The summed E-state index contributed by atoms with van der Waals surface area (Å²) in [6.45, 7) is 0. The predicted octanol–water partition coefficient (Wildman–Crippen LogP) is 4.14. The van der Waals surface area contributed by atoms with Crippen LogP contribution >= 0.6 is 15.9 Å². The first-order valence-corrected chi connectivity index (χ1v) is 7.46. The number of hydrogen-bond acceptors (Lipinski definition) is 1. The van der Waals surface area contributed by atoms with Gasteiger partial charge in [0.1, 0.15) is 11.6 Å². The second-order valence-corrected chi connectivity index (χ2v) is 6.12. The molecule has 0 saturated carbocycles. The van der Waals surface area contributed by atoms with E-state index in [9.17, 15) is 13.6 Å². The Kier molecular flexibility index (Phi) is 3.76. The molecule has 5 heteroatoms. The number of rotatable bonds is 3. The SMILES string of the molecule is O=C1Cc2cc(C(Br)Cc3c(F)cccc3F)ccc2N1. The van der Waals surface area contributed by atoms with Gasteiger partial charge in [-0.3, -0.25) is 4.79 Å². The van der Waals surface area contributed by atoms with Crippen LogP contribution < -0.4 is 5.32 Å². The van der Waals surface area contributed by atoms with Crippen molar-refractivity contribution < 1.29 is 13.6 Å². The fraction of sp³-hybridized carbons (Fsp3) is 0.188. The van der Waals surface area contributed by atoms with Gasteiger partial charge in [0.25, 0.3) is 0 Å². The first kappa shape index (κ1) is 14.2. The van der Waals surface area contributed by atoms with Gasteiger partial charge in [-0.1, -0.05) is 34.1 Å². The third-order valence-electron chi connectivity index (χ3n) is 3.56. The fourth-order valence-electron chi connectivity index (χ4n) is 2.47. The number of carbonyl (C=O) groups is 1. The van der Waals surface area contributed by atoms with Crippen molar-refractivity contribution in [2.45, 2.75) is 17.7 Å². The van der Waals surface area contributed by atoms with E-state index in [2.05, 4.69) is 21.2 Å². The Labute approximate surface area is 129 Å². The topological polar surface area (TPSA) is 29.1 Å². The minimum atomic E-state index is -0.544. The van der Waals surface area contributed by atoms with E-state index in [0.29, 0.717) is 6.42 Å². The average Bonchev–Trinajstić information content (AvgIpc) is 2.81. The first-order valence-electron chi connectivity index (χ1n) is 6.54. The minimum Gasteiger partial charge on any atom is -0.326 e. The molecule has 2 nitrogen and oxygen atoms in total. The zero-order valence-corrected chi connectivity index (χ0v) is 12.6. The molecular formula is C16H12BrF2NO. The Morgan fingerprint density at radius 2 is 1.90 bits per heavy atom. The lowest BCUT2D eigenvalue weighted by atomic mass is 10.0. The zero-order valence-electron chi connectivity index (χ0n) is 11.0. The van der Waals surface area contributed by atoms with Gasteiger partial charge in [0.15, 0.2) is 0 Å². The lowest BCUT2D eigenvalue weighted by Crippen LogP contribution is -2.03. The van der Waals surface area contributed by atoms with Crippen molar-refractivity contribution in [1.82, 2.24) is 0 Å². The molecule has 0 fully saturated rings. The second-order valence-electron chi connectivity index (χ2n) is 5.01. The molecule has 0 saturated heterocycles. The Morgan fingerprint density at radius 1 is 1.19 bits per heavy atom. The number of hydrogen-bond donors (Lipinski definition) is 1. The number of carbonyl (C=O) groups excluding carboxylic acids is 1. The molecule has 0 spiro atoms. The van der Waals surface area contributed by atoms with Crippen molar-refractivity contribution in [2.24, 2.45) is 0 Å². The average molecular weight is 352 g/mol. The lowest BCUT2D eigenvalue weighted by molar-refractivity contribution is -0.115. The van der Waals surface area contributed by atoms with E-state index in [4.69, 9.17) is 0 Å². The molecule has 1 aliphatic heterocycles. The number of anilines is 1. The zero-order chi connectivity index (χ0) is 15.0. The molecule has 0 radical (unpaired) electrons. The predicted molar refractivity (Wildman–Crippen MR) is 80.5 cm³/mol. The summed E-state index contributed by atoms with van der Waals surface area (Å²) in [6, 6.07) is 9.42. The van der Waals surface area contributed by atoms with Crippen LogP contribution in [0.1, 0.15) is 21.5 Å². The van der Waals surface area contributed by atoms with Crippen LogP contribution in [0.5, 0.6) is 0 Å². The number of amides is 1. The van der Waals surface area contributed by atoms with Crippen molar-refractivity contribution in [3.63, 3.8) is 0 Å². The van der Waals surface area contributed by atoms with Gasteiger partial charge in [-0.25, -0.2) is 8.78 Å². The van der Waals surface area contributed by atoms with Gasteiger partial charge in [-0.2, -0.15) is 0 Å². The van der Waals surface area contributed by atoms with Crippen LogP contribution in [0.25, 0.3) is 0 Å². The van der Waals surface area contributed by atoms with Crippen LogP contribution in [-0.2, 0) is 17.6 Å². The molecule has 1 heterocycles. The summed E-state index contributed by atoms with van der Waals surface area (Å²) in [5, 5.41) is 2.76. The molecule has 1 unspecified atom stereocenters. The molecule has 2 aromatic carbocycles. The number of fused-ring (bicyclic) bond motifs is 1. The van der Waals surface area contributed by atoms with Crippen LogP contribution in [0.3, 0.4) is 0 Å². The van der Waals surface area contributed by atoms with Gasteiger partial charge in [-0.15, -0.1) is 0 Å². The normalized spacial score (nSPS) is 14.7. The maximum atomic E-state index is 13.7. The summed E-state index contributed by atoms with van der Waals surface area (Å²) in [4.78, 5) is 11.1. The molecule has 1 amide bonds. The Hall–Kier alpha value is -1.75. The Balaban J connectivity index is 1.85. The van der Waals surface area contributed by atoms with E-state index in [0.717, 1.165) is 16.8 Å². The number of benzene rings is 2. The van der Waals surface area contributed by atoms with E-state index in [1.807, 2.05) is 18.2 Å². The highest BCUT2D eigenvalue weighted by Crippen LogP contribution is 2.33. The molecule has 1 atom stereocenters. The molecule has 0 aromatic heterocycles. The summed E-state index contributed by atoms with van der Waals surface area (Å²) in [5.74, 6) is -1.12. The molecule has 0 aliphatic carbocycles. The van der Waals surface area contributed by atoms with Crippen molar-refractivity contribution in [3.8, 4) is 0 Å². The Morgan fingerprint density at radius 3 is 2.62 bits per heavy atom. The first-order chi connectivity index (χ1) is 10.0. The monoisotopic (exact) mass is 351 g/mol. The van der Waals surface area contributed by atoms with Crippen LogP contribution in [0.15, 0.2) is 36.4 Å². The highest BCUT2D eigenvalue weighted by Gasteiger charge is 2.20. The third kappa shape index (κ3) is 2.83. The van der Waals surface area contributed by atoms with E-state index >= 15 is 0 Å². The molecular weight excluding hydrogens is 340 g/mol. The molecule has 2 aromatic rings. The fourth-order valence-corrected chi connectivity index (χ4v) is 3.08. The Bertz CT molecular complexity index is 697. The van der Waals surface area contributed by atoms with Gasteiger partial charge in [0, 0.05) is 16.1 Å². The minimum absolute atomic E-state index is 0.0339. The number of alkyl halides is 1. The molecule has 3 rings (SSSR count). The molecule has 108 valence electrons. The van der Waals surface area contributed by atoms with E-state index < -0.39 is 11.6 Å². The molecule has 1 aliphatic rings. The summed E-state index contributed by atoms with van der Waals surface area (Å²) in [5.41, 5.74) is 2.68. The van der Waals surface area contributed by atoms with Crippen molar-refractivity contribution in [3.05, 3.63) is 64.7 Å². The van der Waals surface area contributed by atoms with Gasteiger partial charge in [0.05, 0.1) is 6.42 Å². The standard InChI is InChI=1S/C16H12BrF2NO/c17-12(8-11-13(18)2-1-3-14(11)19)9-4-5-15-10(6-9)7-16(21)20-15/h1-6,12H,7-8H2,(H,20,21). The summed E-state index contributed by atoms with van der Waals surface area (Å²) in [6.07, 6.45) is 0.551. The third-order valence-corrected chi connectivity index (χ3v) is 4.41. The summed E-state index contributed by atoms with van der Waals surface area (Å²) >= 11 is 3.48. The maximum absolute atomic E-state index is 13.7. The largest absolute Gasteiger partial charge is 0.326 e. The maximum Gasteiger partial charge on any atom is 0.228 e. The van der Waals surface area contributed by atoms with Crippen LogP contribution in [0, 0.1) is 11.6 Å². The molecule has 21 heavy (non-hydrogen) atoms. The highest BCUT2D eigenvalue weighted by atomic mass is 79.9. The molecule has 1 N–H and O–H groups in total. The summed E-state index contributed by atoms with van der Waals surface area (Å²) in [7, 11) is 0. The van der Waals surface area contributed by atoms with Crippen LogP contribution in [0.2, 0.25) is 0 Å². The number of halogens is 3. The number of nitrogens with one attached hydrogen (secondary N) is 1. The van der Waals surface area contributed by atoms with Gasteiger partial charge in [-0.05, 0) is 35.7 Å². The van der Waals surface area contributed by atoms with Gasteiger partial charge in [0.2, 0.25) is 5.91 Å². The lowest BCUT2D eigenvalue weighted by Gasteiger charge is -2.13. The highest BCUT2D eigenvalue weighted by molar-refractivity contribution is 9.09. The van der Waals surface area contributed by atoms with Crippen molar-refractivity contribution in [1.29, 1.82) is 0 Å². The smallest absolute Gasteiger partial charge is 0.228 e. The van der Waals surface area contributed by atoms with Crippen molar-refractivity contribution >= 4 is 27.5 Å². The van der Waals surface area contributed by atoms with Gasteiger partial charge < -0.3 is 5.32 Å². The summed E-state index contributed by atoms with van der Waals surface area (Å²) < 4.78 is 27.4. The van der Waals surface area contributed by atoms with Crippen molar-refractivity contribution in [2.75, 3.05) is 5.32 Å². The second kappa shape index (κ2) is 5.56. The van der Waals surface area contributed by atoms with E-state index in [1.54, 1.807) is 0 Å². The van der Waals surface area contributed by atoms with Gasteiger partial charge >= 0.3 is 0 Å². The van der Waals surface area contributed by atoms with E-state index in [-0.39, 0.29) is 22.7 Å².